The predicted molar refractivity (Wildman–Crippen MR) is 82.9 cm³/mol. The van der Waals surface area contributed by atoms with Crippen molar-refractivity contribution in [1.29, 1.82) is 0 Å². The monoisotopic (exact) mass is 307 g/mol. The second-order valence-electron chi connectivity index (χ2n) is 5.30. The molecule has 1 fully saturated rings. The zero-order valence-electron chi connectivity index (χ0n) is 11.6. The zero-order chi connectivity index (χ0) is 14.8. The average molecular weight is 307 g/mol. The summed E-state index contributed by atoms with van der Waals surface area (Å²) in [6, 6.07) is 4.99. The van der Waals surface area contributed by atoms with Crippen LogP contribution in [0.2, 0.25) is 0 Å². The van der Waals surface area contributed by atoms with Crippen LogP contribution in [0.3, 0.4) is 0 Å². The number of nitro groups is 1. The Balaban J connectivity index is 1.74. The molecule has 2 aliphatic heterocycles. The van der Waals surface area contributed by atoms with Gasteiger partial charge in [-0.25, -0.2) is 0 Å². The lowest BCUT2D eigenvalue weighted by molar-refractivity contribution is -0.384. The molecule has 2 heterocycles. The van der Waals surface area contributed by atoms with Gasteiger partial charge < -0.3 is 10.2 Å². The fourth-order valence-electron chi connectivity index (χ4n) is 2.81. The van der Waals surface area contributed by atoms with Gasteiger partial charge in [0.05, 0.1) is 10.6 Å². The van der Waals surface area contributed by atoms with E-state index in [9.17, 15) is 14.9 Å². The lowest BCUT2D eigenvalue weighted by atomic mass is 10.1. The van der Waals surface area contributed by atoms with Gasteiger partial charge in [-0.1, -0.05) is 6.07 Å². The molecule has 1 saturated heterocycles. The molecule has 21 heavy (non-hydrogen) atoms. The molecule has 1 unspecified atom stereocenters. The Morgan fingerprint density at radius 3 is 3.10 bits per heavy atom. The van der Waals surface area contributed by atoms with Gasteiger partial charge in [-0.15, -0.1) is 0 Å². The minimum atomic E-state index is -0.416. The van der Waals surface area contributed by atoms with Crippen LogP contribution in [0.15, 0.2) is 18.2 Å². The Morgan fingerprint density at radius 1 is 1.52 bits per heavy atom. The number of hydrogen-bond donors (Lipinski definition) is 1. The van der Waals surface area contributed by atoms with Crippen molar-refractivity contribution in [3.05, 3.63) is 33.9 Å². The average Bonchev–Trinajstić information content (AvgIpc) is 2.91. The van der Waals surface area contributed by atoms with Crippen molar-refractivity contribution in [1.82, 2.24) is 5.32 Å². The first-order valence-electron chi connectivity index (χ1n) is 7.04. The molecule has 6 nitrogen and oxygen atoms in total. The highest BCUT2D eigenvalue weighted by Gasteiger charge is 2.28. The molecule has 1 amide bonds. The number of non-ortho nitro benzene ring substituents is 1. The summed E-state index contributed by atoms with van der Waals surface area (Å²) in [6.45, 7) is 1.56. The fraction of sp³-hybridized carbons (Fsp3) is 0.500. The molecule has 0 saturated carbocycles. The van der Waals surface area contributed by atoms with Gasteiger partial charge in [0.15, 0.2) is 0 Å². The number of fused-ring (bicyclic) bond motifs is 1. The number of carbonyl (C=O) groups excluding carboxylic acids is 1. The molecule has 0 aliphatic carbocycles. The normalized spacial score (nSPS) is 21.1. The number of hydrogen-bond acceptors (Lipinski definition) is 5. The summed E-state index contributed by atoms with van der Waals surface area (Å²) < 4.78 is 0. The molecular formula is C14H17N3O3S. The smallest absolute Gasteiger partial charge is 0.271 e. The Hall–Kier alpha value is -1.60. The van der Waals surface area contributed by atoms with Crippen LogP contribution in [-0.2, 0) is 11.2 Å². The Morgan fingerprint density at radius 2 is 2.38 bits per heavy atom. The van der Waals surface area contributed by atoms with Crippen LogP contribution in [0.4, 0.5) is 11.4 Å². The summed E-state index contributed by atoms with van der Waals surface area (Å²) in [5.41, 5.74) is 1.76. The van der Waals surface area contributed by atoms with Crippen LogP contribution in [0.1, 0.15) is 12.0 Å². The number of nitrogens with one attached hydrogen (secondary N) is 1. The molecule has 0 spiro atoms. The van der Waals surface area contributed by atoms with Gasteiger partial charge in [-0.3, -0.25) is 14.9 Å². The van der Waals surface area contributed by atoms with Gasteiger partial charge in [0, 0.05) is 49.2 Å². The minimum Gasteiger partial charge on any atom is -0.312 e. The van der Waals surface area contributed by atoms with Gasteiger partial charge in [-0.2, -0.15) is 11.8 Å². The third kappa shape index (κ3) is 3.03. The molecule has 1 aromatic rings. The SMILES string of the molecule is O=C(CC1CSCCN1)N1CCc2ccc([N+](=O)[O-])cc21. The van der Waals surface area contributed by atoms with Gasteiger partial charge >= 0.3 is 0 Å². The first-order chi connectivity index (χ1) is 10.1. The highest BCUT2D eigenvalue weighted by molar-refractivity contribution is 7.99. The standard InChI is InChI=1S/C14H17N3O3S/c18-14(7-11-9-21-6-4-15-11)16-5-3-10-1-2-12(17(19)20)8-13(10)16/h1-2,8,11,15H,3-7,9H2. The van der Waals surface area contributed by atoms with Crippen LogP contribution >= 0.6 is 11.8 Å². The Kier molecular flexibility index (Phi) is 4.12. The molecular weight excluding hydrogens is 290 g/mol. The second kappa shape index (κ2) is 6.03. The predicted octanol–water partition coefficient (Wildman–Crippen LogP) is 1.58. The van der Waals surface area contributed by atoms with Crippen LogP contribution in [-0.4, -0.2) is 41.5 Å². The van der Waals surface area contributed by atoms with E-state index < -0.39 is 4.92 Å². The van der Waals surface area contributed by atoms with Gasteiger partial charge in [-0.05, 0) is 12.0 Å². The van der Waals surface area contributed by atoms with E-state index in [-0.39, 0.29) is 17.6 Å². The van der Waals surface area contributed by atoms with E-state index in [1.807, 2.05) is 11.8 Å². The number of benzene rings is 1. The van der Waals surface area contributed by atoms with Crippen molar-refractivity contribution in [3.63, 3.8) is 0 Å². The molecule has 0 aromatic heterocycles. The van der Waals surface area contributed by atoms with E-state index >= 15 is 0 Å². The fourth-order valence-corrected chi connectivity index (χ4v) is 3.76. The molecule has 1 atom stereocenters. The molecule has 0 radical (unpaired) electrons. The summed E-state index contributed by atoms with van der Waals surface area (Å²) >= 11 is 1.86. The number of nitro benzene ring substituents is 1. The summed E-state index contributed by atoms with van der Waals surface area (Å²) in [5.74, 6) is 2.08. The van der Waals surface area contributed by atoms with Gasteiger partial charge in [0.2, 0.25) is 5.91 Å². The highest BCUT2D eigenvalue weighted by atomic mass is 32.2. The Labute approximate surface area is 127 Å². The van der Waals surface area contributed by atoms with E-state index in [0.29, 0.717) is 18.7 Å². The summed E-state index contributed by atoms with van der Waals surface area (Å²) in [4.78, 5) is 24.6. The number of amides is 1. The van der Waals surface area contributed by atoms with Crippen molar-refractivity contribution in [2.75, 3.05) is 29.5 Å². The van der Waals surface area contributed by atoms with Crippen LogP contribution in [0.5, 0.6) is 0 Å². The van der Waals surface area contributed by atoms with Crippen LogP contribution in [0, 0.1) is 10.1 Å². The number of nitrogens with zero attached hydrogens (tertiary/aromatic N) is 2. The number of rotatable bonds is 3. The third-order valence-electron chi connectivity index (χ3n) is 3.90. The maximum atomic E-state index is 12.5. The molecule has 112 valence electrons. The van der Waals surface area contributed by atoms with Gasteiger partial charge in [0.1, 0.15) is 0 Å². The maximum Gasteiger partial charge on any atom is 0.271 e. The lowest BCUT2D eigenvalue weighted by Gasteiger charge is -2.25. The van der Waals surface area contributed by atoms with Crippen LogP contribution < -0.4 is 10.2 Å². The molecule has 2 aliphatic rings. The van der Waals surface area contributed by atoms with E-state index in [1.165, 1.54) is 12.1 Å². The van der Waals surface area contributed by atoms with E-state index in [1.54, 1.807) is 11.0 Å². The molecule has 1 aromatic carbocycles. The Bertz CT molecular complexity index is 573. The second-order valence-corrected chi connectivity index (χ2v) is 6.45. The first kappa shape index (κ1) is 14.3. The first-order valence-corrected chi connectivity index (χ1v) is 8.19. The van der Waals surface area contributed by atoms with Crippen molar-refractivity contribution < 1.29 is 9.72 Å². The topological polar surface area (TPSA) is 75.5 Å². The molecule has 0 bridgehead atoms. The molecule has 3 rings (SSSR count). The van der Waals surface area contributed by atoms with E-state index in [2.05, 4.69) is 5.32 Å². The third-order valence-corrected chi connectivity index (χ3v) is 5.03. The van der Waals surface area contributed by atoms with Crippen molar-refractivity contribution in [2.24, 2.45) is 0 Å². The van der Waals surface area contributed by atoms with Crippen LogP contribution in [0.25, 0.3) is 0 Å². The van der Waals surface area contributed by atoms with E-state index in [4.69, 9.17) is 0 Å². The highest BCUT2D eigenvalue weighted by Crippen LogP contribution is 2.32. The number of anilines is 1. The molecule has 1 N–H and O–H groups in total. The maximum absolute atomic E-state index is 12.5. The van der Waals surface area contributed by atoms with Crippen molar-refractivity contribution >= 4 is 29.0 Å². The summed E-state index contributed by atoms with van der Waals surface area (Å²) in [6.07, 6.45) is 1.22. The minimum absolute atomic E-state index is 0.0415. The quantitative estimate of drug-likeness (QED) is 0.678. The summed E-state index contributed by atoms with van der Waals surface area (Å²) in [5, 5.41) is 14.2. The van der Waals surface area contributed by atoms with Gasteiger partial charge in [0.25, 0.3) is 5.69 Å². The van der Waals surface area contributed by atoms with E-state index in [0.717, 1.165) is 30.0 Å². The molecule has 7 heteroatoms. The van der Waals surface area contributed by atoms with Crippen molar-refractivity contribution in [2.45, 2.75) is 18.9 Å². The summed E-state index contributed by atoms with van der Waals surface area (Å²) in [7, 11) is 0. The lowest BCUT2D eigenvalue weighted by Crippen LogP contribution is -2.42. The number of thioether (sulfide) groups is 1. The number of carbonyl (C=O) groups is 1. The van der Waals surface area contributed by atoms with Crippen molar-refractivity contribution in [3.8, 4) is 0 Å². The largest absolute Gasteiger partial charge is 0.312 e. The zero-order valence-corrected chi connectivity index (χ0v) is 12.4.